The Labute approximate surface area is 113 Å². The first-order valence-corrected chi connectivity index (χ1v) is 6.60. The lowest BCUT2D eigenvalue weighted by Crippen LogP contribution is -2.53. The minimum atomic E-state index is -0.506. The molecule has 3 N–H and O–H groups in total. The molecular formula is C13H22N4O2. The Morgan fingerprint density at radius 2 is 2.32 bits per heavy atom. The molecule has 0 aliphatic heterocycles. The molecule has 0 saturated heterocycles. The minimum absolute atomic E-state index is 0.0307. The Bertz CT molecular complexity index is 467. The van der Waals surface area contributed by atoms with Gasteiger partial charge in [0.1, 0.15) is 0 Å². The number of rotatable bonds is 5. The molecule has 1 atom stereocenters. The van der Waals surface area contributed by atoms with E-state index >= 15 is 0 Å². The lowest BCUT2D eigenvalue weighted by Gasteiger charge is -2.28. The molecule has 2 amide bonds. The van der Waals surface area contributed by atoms with Crippen molar-refractivity contribution in [3.8, 4) is 0 Å². The van der Waals surface area contributed by atoms with E-state index in [0.717, 1.165) is 24.1 Å². The summed E-state index contributed by atoms with van der Waals surface area (Å²) in [5.74, 6) is 0.392. The van der Waals surface area contributed by atoms with Crippen molar-refractivity contribution in [1.29, 1.82) is 0 Å². The highest BCUT2D eigenvalue weighted by Crippen LogP contribution is 2.39. The number of carbonyl (C=O) groups is 1. The molecule has 106 valence electrons. The Balaban J connectivity index is 1.86. The topological polar surface area (TPSA) is 79.2 Å². The fourth-order valence-electron chi connectivity index (χ4n) is 2.19. The third-order valence-corrected chi connectivity index (χ3v) is 3.98. The van der Waals surface area contributed by atoms with Crippen LogP contribution in [-0.4, -0.2) is 33.1 Å². The fourth-order valence-corrected chi connectivity index (χ4v) is 2.19. The summed E-state index contributed by atoms with van der Waals surface area (Å²) in [5.41, 5.74) is 1.52. The van der Waals surface area contributed by atoms with Crippen LogP contribution in [0.4, 0.5) is 4.79 Å². The van der Waals surface area contributed by atoms with Crippen LogP contribution < -0.4 is 10.6 Å². The van der Waals surface area contributed by atoms with E-state index in [1.54, 1.807) is 10.9 Å². The maximum absolute atomic E-state index is 11.9. The highest BCUT2D eigenvalue weighted by molar-refractivity contribution is 5.74. The van der Waals surface area contributed by atoms with Crippen molar-refractivity contribution in [3.05, 3.63) is 17.5 Å². The van der Waals surface area contributed by atoms with Crippen LogP contribution in [0.3, 0.4) is 0 Å². The van der Waals surface area contributed by atoms with Gasteiger partial charge in [-0.3, -0.25) is 4.68 Å². The fraction of sp³-hybridized carbons (Fsp3) is 0.692. The summed E-state index contributed by atoms with van der Waals surface area (Å²) in [4.78, 5) is 11.9. The van der Waals surface area contributed by atoms with Gasteiger partial charge in [0.05, 0.1) is 18.3 Å². The van der Waals surface area contributed by atoms with Gasteiger partial charge in [0, 0.05) is 24.8 Å². The lowest BCUT2D eigenvalue weighted by atomic mass is 9.97. The van der Waals surface area contributed by atoms with E-state index < -0.39 is 5.54 Å². The first-order valence-electron chi connectivity index (χ1n) is 6.60. The lowest BCUT2D eigenvalue weighted by molar-refractivity contribution is 0.155. The largest absolute Gasteiger partial charge is 0.394 e. The van der Waals surface area contributed by atoms with Crippen molar-refractivity contribution >= 4 is 6.03 Å². The van der Waals surface area contributed by atoms with E-state index in [1.807, 2.05) is 20.9 Å². The molecule has 6 heteroatoms. The molecule has 1 heterocycles. The molecule has 2 rings (SSSR count). The second-order valence-electron chi connectivity index (χ2n) is 5.54. The second kappa shape index (κ2) is 5.21. The molecule has 1 aromatic rings. The summed E-state index contributed by atoms with van der Waals surface area (Å²) < 4.78 is 1.77. The van der Waals surface area contributed by atoms with E-state index in [-0.39, 0.29) is 12.6 Å². The zero-order chi connectivity index (χ0) is 14.0. The minimum Gasteiger partial charge on any atom is -0.394 e. The van der Waals surface area contributed by atoms with E-state index in [4.69, 9.17) is 0 Å². The smallest absolute Gasteiger partial charge is 0.315 e. The molecule has 0 aromatic carbocycles. The van der Waals surface area contributed by atoms with Gasteiger partial charge in [0.25, 0.3) is 0 Å². The predicted molar refractivity (Wildman–Crippen MR) is 71.5 cm³/mol. The number of hydrogen-bond donors (Lipinski definition) is 3. The Morgan fingerprint density at radius 3 is 2.79 bits per heavy atom. The Morgan fingerprint density at radius 1 is 1.63 bits per heavy atom. The van der Waals surface area contributed by atoms with Crippen molar-refractivity contribution in [2.45, 2.75) is 38.8 Å². The third kappa shape index (κ3) is 3.07. The molecule has 0 radical (unpaired) electrons. The van der Waals surface area contributed by atoms with Gasteiger partial charge in [-0.1, -0.05) is 0 Å². The number of aryl methyl sites for hydroxylation is 1. The molecule has 1 saturated carbocycles. The maximum atomic E-state index is 11.9. The number of nitrogens with one attached hydrogen (secondary N) is 2. The van der Waals surface area contributed by atoms with Gasteiger partial charge >= 0.3 is 6.03 Å². The molecule has 0 spiro atoms. The highest BCUT2D eigenvalue weighted by Gasteiger charge is 2.42. The summed E-state index contributed by atoms with van der Waals surface area (Å²) >= 11 is 0. The third-order valence-electron chi connectivity index (χ3n) is 3.98. The van der Waals surface area contributed by atoms with Gasteiger partial charge in [-0.2, -0.15) is 5.10 Å². The average Bonchev–Trinajstić information content (AvgIpc) is 3.18. The molecule has 0 bridgehead atoms. The standard InChI is InChI=1S/C13H22N4O2/c1-9-10(7-15-17(9)3)6-14-12(19)16-13(2,8-18)11-4-5-11/h7,11,18H,4-6,8H2,1-3H3,(H2,14,16,19). The number of hydrogen-bond acceptors (Lipinski definition) is 3. The van der Waals surface area contributed by atoms with Crippen LogP contribution in [0.5, 0.6) is 0 Å². The predicted octanol–water partition coefficient (Wildman–Crippen LogP) is 0.689. The molecule has 1 fully saturated rings. The van der Waals surface area contributed by atoms with Gasteiger partial charge in [0.15, 0.2) is 0 Å². The average molecular weight is 266 g/mol. The summed E-state index contributed by atoms with van der Waals surface area (Å²) in [6.07, 6.45) is 3.89. The van der Waals surface area contributed by atoms with Crippen molar-refractivity contribution < 1.29 is 9.90 Å². The molecule has 6 nitrogen and oxygen atoms in total. The van der Waals surface area contributed by atoms with Crippen LogP contribution in [0.1, 0.15) is 31.0 Å². The van der Waals surface area contributed by atoms with Crippen molar-refractivity contribution in [3.63, 3.8) is 0 Å². The van der Waals surface area contributed by atoms with Crippen LogP contribution in [0.15, 0.2) is 6.20 Å². The first kappa shape index (κ1) is 13.9. The second-order valence-corrected chi connectivity index (χ2v) is 5.54. The number of aliphatic hydroxyl groups excluding tert-OH is 1. The van der Waals surface area contributed by atoms with E-state index in [0.29, 0.717) is 12.5 Å². The van der Waals surface area contributed by atoms with Gasteiger partial charge < -0.3 is 15.7 Å². The van der Waals surface area contributed by atoms with Crippen LogP contribution in [-0.2, 0) is 13.6 Å². The quantitative estimate of drug-likeness (QED) is 0.733. The number of aliphatic hydroxyl groups is 1. The highest BCUT2D eigenvalue weighted by atomic mass is 16.3. The van der Waals surface area contributed by atoms with Crippen LogP contribution in [0, 0.1) is 12.8 Å². The normalized spacial score (nSPS) is 17.9. The molecule has 1 aromatic heterocycles. The number of carbonyl (C=O) groups excluding carboxylic acids is 1. The summed E-state index contributed by atoms with van der Waals surface area (Å²) in [6, 6.07) is -0.244. The maximum Gasteiger partial charge on any atom is 0.315 e. The number of urea groups is 1. The van der Waals surface area contributed by atoms with Crippen LogP contribution >= 0.6 is 0 Å². The summed E-state index contributed by atoms with van der Waals surface area (Å²) in [5, 5.41) is 19.2. The van der Waals surface area contributed by atoms with Gasteiger partial charge in [0.2, 0.25) is 0 Å². The van der Waals surface area contributed by atoms with E-state index in [1.165, 1.54) is 0 Å². The number of amides is 2. The zero-order valence-electron chi connectivity index (χ0n) is 11.7. The van der Waals surface area contributed by atoms with Gasteiger partial charge in [-0.05, 0) is 32.6 Å². The molecule has 1 aliphatic carbocycles. The van der Waals surface area contributed by atoms with Gasteiger partial charge in [-0.15, -0.1) is 0 Å². The summed E-state index contributed by atoms with van der Waals surface area (Å²) in [7, 11) is 1.87. The number of nitrogens with zero attached hydrogens (tertiary/aromatic N) is 2. The number of aromatic nitrogens is 2. The van der Waals surface area contributed by atoms with E-state index in [9.17, 15) is 9.90 Å². The van der Waals surface area contributed by atoms with Crippen LogP contribution in [0.25, 0.3) is 0 Å². The van der Waals surface area contributed by atoms with Crippen LogP contribution in [0.2, 0.25) is 0 Å². The zero-order valence-corrected chi connectivity index (χ0v) is 11.7. The molecule has 1 aliphatic rings. The summed E-state index contributed by atoms with van der Waals surface area (Å²) in [6.45, 7) is 4.26. The molecule has 1 unspecified atom stereocenters. The van der Waals surface area contributed by atoms with Gasteiger partial charge in [-0.25, -0.2) is 4.79 Å². The molecule has 19 heavy (non-hydrogen) atoms. The van der Waals surface area contributed by atoms with Crippen molar-refractivity contribution in [2.75, 3.05) is 6.61 Å². The van der Waals surface area contributed by atoms with Crippen molar-refractivity contribution in [2.24, 2.45) is 13.0 Å². The van der Waals surface area contributed by atoms with E-state index in [2.05, 4.69) is 15.7 Å². The monoisotopic (exact) mass is 266 g/mol. The molecular weight excluding hydrogens is 244 g/mol. The van der Waals surface area contributed by atoms with Crippen molar-refractivity contribution in [1.82, 2.24) is 20.4 Å². The first-order chi connectivity index (χ1) is 8.96. The Kier molecular flexibility index (Phi) is 3.80. The Hall–Kier alpha value is -1.56. The SMILES string of the molecule is Cc1c(CNC(=O)NC(C)(CO)C2CC2)cnn1C.